The van der Waals surface area contributed by atoms with E-state index in [1.165, 1.54) is 0 Å². The van der Waals surface area contributed by atoms with Crippen LogP contribution in [0.2, 0.25) is 0 Å². The van der Waals surface area contributed by atoms with Crippen LogP contribution in [-0.4, -0.2) is 44.7 Å². The molecule has 0 unspecified atom stereocenters. The lowest BCUT2D eigenvalue weighted by atomic mass is 10.2. The standard InChI is InChI=1S/C18H26N4O4.C6H7NO/c19-13-1-3-15(21)17(11-13)25-9-7-23-5-6-24-8-10-26-18-12-14(20)2-4-16(18)22;7-5-1-3-6(8)4-2-5/h1-4,11-12H,5-10,19-22H2;1-4,8H,7H2. The van der Waals surface area contributed by atoms with Gasteiger partial charge in [0.25, 0.3) is 0 Å². The van der Waals surface area contributed by atoms with Crippen LogP contribution in [0.5, 0.6) is 17.2 Å². The molecule has 0 aromatic heterocycles. The van der Waals surface area contributed by atoms with Crippen molar-refractivity contribution in [3.05, 3.63) is 60.7 Å². The summed E-state index contributed by atoms with van der Waals surface area (Å²) in [5.41, 5.74) is 31.2. The Morgan fingerprint density at radius 1 is 0.500 bits per heavy atom. The molecule has 10 nitrogen and oxygen atoms in total. The Kier molecular flexibility index (Phi) is 11.0. The van der Waals surface area contributed by atoms with Gasteiger partial charge in [-0.2, -0.15) is 0 Å². The van der Waals surface area contributed by atoms with Crippen molar-refractivity contribution in [1.29, 1.82) is 0 Å². The molecule has 3 rings (SSSR count). The van der Waals surface area contributed by atoms with E-state index in [0.717, 1.165) is 0 Å². The number of nitrogen functional groups attached to an aromatic ring is 5. The van der Waals surface area contributed by atoms with E-state index >= 15 is 0 Å². The Morgan fingerprint density at radius 3 is 1.29 bits per heavy atom. The first-order valence-electron chi connectivity index (χ1n) is 10.6. The van der Waals surface area contributed by atoms with Crippen LogP contribution in [0.25, 0.3) is 0 Å². The number of rotatable bonds is 11. The summed E-state index contributed by atoms with van der Waals surface area (Å²) in [6.45, 7) is 2.52. The molecule has 0 amide bonds. The van der Waals surface area contributed by atoms with Crippen LogP contribution in [0.4, 0.5) is 28.4 Å². The molecule has 3 aromatic rings. The van der Waals surface area contributed by atoms with Gasteiger partial charge in [0.1, 0.15) is 30.5 Å². The maximum absolute atomic E-state index is 8.70. The minimum Gasteiger partial charge on any atom is -0.508 e. The molecule has 0 spiro atoms. The fourth-order valence-corrected chi connectivity index (χ4v) is 2.57. The summed E-state index contributed by atoms with van der Waals surface area (Å²) in [6, 6.07) is 16.6. The molecule has 184 valence electrons. The Balaban J connectivity index is 0.000000430. The molecule has 34 heavy (non-hydrogen) atoms. The Morgan fingerprint density at radius 2 is 0.882 bits per heavy atom. The van der Waals surface area contributed by atoms with Crippen LogP contribution >= 0.6 is 0 Å². The molecule has 0 aliphatic carbocycles. The second kappa shape index (κ2) is 14.2. The van der Waals surface area contributed by atoms with Gasteiger partial charge in [0, 0.05) is 29.2 Å². The Bertz CT molecular complexity index is 921. The van der Waals surface area contributed by atoms with Crippen molar-refractivity contribution in [2.24, 2.45) is 0 Å². The zero-order valence-electron chi connectivity index (χ0n) is 19.0. The average Bonchev–Trinajstić information content (AvgIpc) is 2.81. The van der Waals surface area contributed by atoms with Gasteiger partial charge in [-0.3, -0.25) is 0 Å². The number of benzene rings is 3. The zero-order chi connectivity index (χ0) is 24.8. The first kappa shape index (κ1) is 26.2. The molecule has 0 aliphatic rings. The van der Waals surface area contributed by atoms with Crippen molar-refractivity contribution in [2.75, 3.05) is 68.3 Å². The summed E-state index contributed by atoms with van der Waals surface area (Å²) in [7, 11) is 0. The molecular formula is C24H33N5O5. The molecule has 0 radical (unpaired) electrons. The van der Waals surface area contributed by atoms with E-state index in [9.17, 15) is 0 Å². The lowest BCUT2D eigenvalue weighted by Crippen LogP contribution is -2.14. The van der Waals surface area contributed by atoms with Crippen molar-refractivity contribution in [3.63, 3.8) is 0 Å². The van der Waals surface area contributed by atoms with Crippen LogP contribution in [0.3, 0.4) is 0 Å². The third-order valence-electron chi connectivity index (χ3n) is 4.31. The lowest BCUT2D eigenvalue weighted by molar-refractivity contribution is 0.0275. The predicted octanol–water partition coefficient (Wildman–Crippen LogP) is 2.48. The molecule has 0 heterocycles. The highest BCUT2D eigenvalue weighted by Gasteiger charge is 2.02. The highest BCUT2D eigenvalue weighted by Crippen LogP contribution is 2.24. The van der Waals surface area contributed by atoms with Gasteiger partial charge in [-0.05, 0) is 48.5 Å². The van der Waals surface area contributed by atoms with Crippen molar-refractivity contribution in [1.82, 2.24) is 0 Å². The van der Waals surface area contributed by atoms with Crippen LogP contribution in [0, 0.1) is 0 Å². The van der Waals surface area contributed by atoms with Crippen LogP contribution in [-0.2, 0) is 9.47 Å². The molecule has 0 bridgehead atoms. The number of hydrogen-bond donors (Lipinski definition) is 6. The Hall–Kier alpha value is -4.02. The summed E-state index contributed by atoms with van der Waals surface area (Å²) in [6.07, 6.45) is 0. The molecular weight excluding hydrogens is 438 g/mol. The SMILES string of the molecule is Nc1ccc(N)c(OCCOCCOCCOc2cc(N)ccc2N)c1.Nc1ccc(O)cc1. The molecule has 0 fully saturated rings. The first-order chi connectivity index (χ1) is 16.3. The molecule has 0 saturated heterocycles. The summed E-state index contributed by atoms with van der Waals surface area (Å²) in [5.74, 6) is 1.37. The van der Waals surface area contributed by atoms with E-state index in [0.29, 0.717) is 79.6 Å². The topological polar surface area (TPSA) is 187 Å². The molecule has 3 aromatic carbocycles. The van der Waals surface area contributed by atoms with E-state index in [-0.39, 0.29) is 5.75 Å². The Labute approximate surface area is 199 Å². The lowest BCUT2D eigenvalue weighted by Gasteiger charge is -2.11. The smallest absolute Gasteiger partial charge is 0.144 e. The second-order valence-corrected chi connectivity index (χ2v) is 7.11. The molecule has 11 N–H and O–H groups in total. The van der Waals surface area contributed by atoms with Gasteiger partial charge in [0.15, 0.2) is 0 Å². The van der Waals surface area contributed by atoms with Gasteiger partial charge in [-0.25, -0.2) is 0 Å². The third kappa shape index (κ3) is 10.1. The monoisotopic (exact) mass is 471 g/mol. The number of aromatic hydroxyl groups is 1. The van der Waals surface area contributed by atoms with Crippen molar-refractivity contribution >= 4 is 28.4 Å². The number of phenolic OH excluding ortho intramolecular Hbond substituents is 1. The third-order valence-corrected chi connectivity index (χ3v) is 4.31. The van der Waals surface area contributed by atoms with Gasteiger partial charge in [-0.1, -0.05) is 0 Å². The van der Waals surface area contributed by atoms with Gasteiger partial charge < -0.3 is 52.7 Å². The van der Waals surface area contributed by atoms with Gasteiger partial charge in [0.05, 0.1) is 37.8 Å². The predicted molar refractivity (Wildman–Crippen MR) is 136 cm³/mol. The molecule has 0 saturated carbocycles. The highest BCUT2D eigenvalue weighted by atomic mass is 16.6. The number of ether oxygens (including phenoxy) is 4. The number of nitrogens with two attached hydrogens (primary N) is 5. The quantitative estimate of drug-likeness (QED) is 0.138. The number of phenols is 1. The second-order valence-electron chi connectivity index (χ2n) is 7.11. The molecule has 0 aliphatic heterocycles. The summed E-state index contributed by atoms with van der Waals surface area (Å²) in [5, 5.41) is 8.70. The number of hydrogen-bond acceptors (Lipinski definition) is 10. The minimum absolute atomic E-state index is 0.249. The van der Waals surface area contributed by atoms with Gasteiger partial charge in [-0.15, -0.1) is 0 Å². The molecule has 0 atom stereocenters. The fraction of sp³-hybridized carbons (Fsp3) is 0.250. The van der Waals surface area contributed by atoms with Gasteiger partial charge in [0.2, 0.25) is 0 Å². The minimum atomic E-state index is 0.249. The maximum Gasteiger partial charge on any atom is 0.144 e. The van der Waals surface area contributed by atoms with E-state index in [1.807, 2.05) is 0 Å². The van der Waals surface area contributed by atoms with Crippen molar-refractivity contribution in [3.8, 4) is 17.2 Å². The van der Waals surface area contributed by atoms with Crippen LogP contribution in [0.1, 0.15) is 0 Å². The highest BCUT2D eigenvalue weighted by molar-refractivity contribution is 5.60. The fourth-order valence-electron chi connectivity index (χ4n) is 2.57. The largest absolute Gasteiger partial charge is 0.508 e. The summed E-state index contributed by atoms with van der Waals surface area (Å²) >= 11 is 0. The summed E-state index contributed by atoms with van der Waals surface area (Å²) < 4.78 is 21.9. The maximum atomic E-state index is 8.70. The van der Waals surface area contributed by atoms with E-state index < -0.39 is 0 Å². The zero-order valence-corrected chi connectivity index (χ0v) is 19.0. The van der Waals surface area contributed by atoms with Crippen LogP contribution in [0.15, 0.2) is 60.7 Å². The van der Waals surface area contributed by atoms with Crippen molar-refractivity contribution < 1.29 is 24.1 Å². The van der Waals surface area contributed by atoms with Gasteiger partial charge >= 0.3 is 0 Å². The van der Waals surface area contributed by atoms with Crippen molar-refractivity contribution in [2.45, 2.75) is 0 Å². The molecule has 10 heteroatoms. The summed E-state index contributed by atoms with van der Waals surface area (Å²) in [4.78, 5) is 0. The van der Waals surface area contributed by atoms with E-state index in [4.69, 9.17) is 52.7 Å². The van der Waals surface area contributed by atoms with Crippen LogP contribution < -0.4 is 38.1 Å². The first-order valence-corrected chi connectivity index (χ1v) is 10.6. The number of anilines is 5. The average molecular weight is 472 g/mol. The van der Waals surface area contributed by atoms with E-state index in [1.54, 1.807) is 60.7 Å². The normalized spacial score (nSPS) is 10.2. The van der Waals surface area contributed by atoms with E-state index in [2.05, 4.69) is 0 Å².